The van der Waals surface area contributed by atoms with Crippen LogP contribution >= 0.6 is 55.2 Å². The van der Waals surface area contributed by atoms with E-state index in [9.17, 15) is 9.90 Å². The van der Waals surface area contributed by atoms with Gasteiger partial charge in [-0.2, -0.15) is 5.10 Å². The first-order chi connectivity index (χ1) is 15.9. The molecule has 0 fully saturated rings. The maximum atomic E-state index is 12.2. The molecule has 1 amide bonds. The van der Waals surface area contributed by atoms with E-state index in [1.54, 1.807) is 30.3 Å². The summed E-state index contributed by atoms with van der Waals surface area (Å²) in [7, 11) is 0. The summed E-state index contributed by atoms with van der Waals surface area (Å²) >= 11 is 13.7. The van der Waals surface area contributed by atoms with Crippen molar-refractivity contribution in [3.63, 3.8) is 0 Å². The lowest BCUT2D eigenvalue weighted by Crippen LogP contribution is -2.20. The summed E-state index contributed by atoms with van der Waals surface area (Å²) in [4.78, 5) is 12.2. The molecule has 0 aliphatic heterocycles. The molecule has 0 aliphatic carbocycles. The van der Waals surface area contributed by atoms with Gasteiger partial charge in [0, 0.05) is 17.3 Å². The molecule has 1 aromatic heterocycles. The first-order valence-corrected chi connectivity index (χ1v) is 12.5. The zero-order chi connectivity index (χ0) is 23.8. The Hall–Kier alpha value is -2.34. The minimum absolute atomic E-state index is 0.0963. The van der Waals surface area contributed by atoms with Crippen molar-refractivity contribution in [2.75, 3.05) is 11.1 Å². The SMILES string of the molecule is C=CCn1c(CNc2ccc(Cl)cc2)nnc1SCC(=O)NN=Cc1cc(Br)c(O)c(Br)c1. The largest absolute Gasteiger partial charge is 0.506 e. The zero-order valence-electron chi connectivity index (χ0n) is 17.1. The Morgan fingerprint density at radius 1 is 1.24 bits per heavy atom. The molecule has 0 atom stereocenters. The molecule has 3 aromatic rings. The van der Waals surface area contributed by atoms with Crippen LogP contribution in [0.15, 0.2) is 68.3 Å². The molecular formula is C21H19Br2ClN6O2S. The third-order valence-corrected chi connectivity index (χ3v) is 6.60. The molecule has 0 spiro atoms. The number of nitrogens with one attached hydrogen (secondary N) is 2. The minimum atomic E-state index is -0.290. The van der Waals surface area contributed by atoms with E-state index in [0.717, 1.165) is 5.69 Å². The molecule has 3 N–H and O–H groups in total. The molecule has 0 bridgehead atoms. The van der Waals surface area contributed by atoms with Crippen LogP contribution in [-0.2, 0) is 17.9 Å². The van der Waals surface area contributed by atoms with E-state index in [-0.39, 0.29) is 17.4 Å². The van der Waals surface area contributed by atoms with Crippen molar-refractivity contribution in [2.24, 2.45) is 5.10 Å². The van der Waals surface area contributed by atoms with Crippen LogP contribution in [0.1, 0.15) is 11.4 Å². The van der Waals surface area contributed by atoms with Gasteiger partial charge >= 0.3 is 0 Å². The number of carbonyl (C=O) groups excluding carboxylic acids is 1. The highest BCUT2D eigenvalue weighted by atomic mass is 79.9. The molecule has 33 heavy (non-hydrogen) atoms. The number of benzene rings is 2. The number of aromatic nitrogens is 3. The number of hydrogen-bond donors (Lipinski definition) is 3. The van der Waals surface area contributed by atoms with Crippen LogP contribution in [0, 0.1) is 0 Å². The maximum Gasteiger partial charge on any atom is 0.250 e. The standard InChI is InChI=1S/C21H19Br2ClN6O2S/c1-2-7-30-18(11-25-15-5-3-14(24)4-6-15)27-29-21(30)33-12-19(31)28-26-10-13-8-16(22)20(32)17(23)9-13/h2-6,8-10,25,32H,1,7,11-12H2,(H,28,31). The van der Waals surface area contributed by atoms with Crippen molar-refractivity contribution in [3.8, 4) is 5.75 Å². The molecular weight excluding hydrogens is 596 g/mol. The summed E-state index contributed by atoms with van der Waals surface area (Å²) < 4.78 is 2.93. The van der Waals surface area contributed by atoms with Gasteiger partial charge in [-0.05, 0) is 73.8 Å². The van der Waals surface area contributed by atoms with Gasteiger partial charge < -0.3 is 15.0 Å². The number of anilines is 1. The van der Waals surface area contributed by atoms with Gasteiger partial charge in [0.05, 0.1) is 27.5 Å². The summed E-state index contributed by atoms with van der Waals surface area (Å²) in [6.07, 6.45) is 3.23. The van der Waals surface area contributed by atoms with Crippen LogP contribution in [0.3, 0.4) is 0 Å². The number of hydrogen-bond acceptors (Lipinski definition) is 7. The molecule has 0 unspecified atom stereocenters. The highest BCUT2D eigenvalue weighted by Gasteiger charge is 2.13. The first-order valence-electron chi connectivity index (χ1n) is 9.52. The average Bonchev–Trinajstić information content (AvgIpc) is 3.17. The van der Waals surface area contributed by atoms with Gasteiger partial charge in [0.25, 0.3) is 5.91 Å². The molecule has 8 nitrogen and oxygen atoms in total. The number of hydrazone groups is 1. The summed E-state index contributed by atoms with van der Waals surface area (Å²) in [5.74, 6) is 0.635. The van der Waals surface area contributed by atoms with E-state index in [1.807, 2.05) is 16.7 Å². The van der Waals surface area contributed by atoms with Crippen molar-refractivity contribution < 1.29 is 9.90 Å². The summed E-state index contributed by atoms with van der Waals surface area (Å²) in [5.41, 5.74) is 4.09. The van der Waals surface area contributed by atoms with Crippen LogP contribution in [0.4, 0.5) is 5.69 Å². The number of aromatic hydroxyl groups is 1. The number of rotatable bonds is 10. The molecule has 0 saturated heterocycles. The Bertz CT molecular complexity index is 1150. The van der Waals surface area contributed by atoms with Crippen molar-refractivity contribution >= 4 is 73.0 Å². The predicted molar refractivity (Wildman–Crippen MR) is 139 cm³/mol. The number of phenolic OH excluding ortho intramolecular Hbond substituents is 1. The van der Waals surface area contributed by atoms with Crippen LogP contribution in [0.2, 0.25) is 5.02 Å². The Labute approximate surface area is 216 Å². The van der Waals surface area contributed by atoms with Crippen molar-refractivity contribution in [2.45, 2.75) is 18.2 Å². The second-order valence-electron chi connectivity index (χ2n) is 6.57. The third-order valence-electron chi connectivity index (χ3n) is 4.17. The number of carbonyl (C=O) groups is 1. The van der Waals surface area contributed by atoms with E-state index in [2.05, 4.69) is 64.5 Å². The molecule has 2 aromatic carbocycles. The van der Waals surface area contributed by atoms with Crippen LogP contribution in [-0.4, -0.2) is 37.7 Å². The number of thioether (sulfide) groups is 1. The van der Waals surface area contributed by atoms with Crippen LogP contribution in [0.25, 0.3) is 0 Å². The summed E-state index contributed by atoms with van der Waals surface area (Å²) in [5, 5.41) is 26.7. The fraction of sp³-hybridized carbons (Fsp3) is 0.143. The number of phenols is 1. The van der Waals surface area contributed by atoms with E-state index >= 15 is 0 Å². The number of nitrogens with zero attached hydrogens (tertiary/aromatic N) is 4. The highest BCUT2D eigenvalue weighted by Crippen LogP contribution is 2.32. The van der Waals surface area contributed by atoms with Crippen molar-refractivity contribution in [1.82, 2.24) is 20.2 Å². The Kier molecular flexibility index (Phi) is 9.36. The van der Waals surface area contributed by atoms with E-state index in [4.69, 9.17) is 11.6 Å². The second kappa shape index (κ2) is 12.2. The molecule has 0 aliphatic rings. The van der Waals surface area contributed by atoms with Gasteiger partial charge in [-0.1, -0.05) is 29.4 Å². The maximum absolute atomic E-state index is 12.2. The molecule has 3 rings (SSSR count). The second-order valence-corrected chi connectivity index (χ2v) is 9.66. The lowest BCUT2D eigenvalue weighted by Gasteiger charge is -2.09. The quantitative estimate of drug-likeness (QED) is 0.126. The van der Waals surface area contributed by atoms with Gasteiger partial charge in [-0.15, -0.1) is 16.8 Å². The van der Waals surface area contributed by atoms with Gasteiger partial charge in [0.2, 0.25) is 0 Å². The minimum Gasteiger partial charge on any atom is -0.506 e. The lowest BCUT2D eigenvalue weighted by molar-refractivity contribution is -0.118. The monoisotopic (exact) mass is 612 g/mol. The highest BCUT2D eigenvalue weighted by molar-refractivity contribution is 9.11. The van der Waals surface area contributed by atoms with Gasteiger partial charge in [0.1, 0.15) is 5.75 Å². The van der Waals surface area contributed by atoms with Crippen molar-refractivity contribution in [1.29, 1.82) is 0 Å². The van der Waals surface area contributed by atoms with E-state index in [1.165, 1.54) is 18.0 Å². The molecule has 1 heterocycles. The van der Waals surface area contributed by atoms with E-state index < -0.39 is 0 Å². The van der Waals surface area contributed by atoms with Gasteiger partial charge in [-0.25, -0.2) is 5.43 Å². The third kappa shape index (κ3) is 7.32. The molecule has 172 valence electrons. The Balaban J connectivity index is 1.56. The number of halogens is 3. The predicted octanol–water partition coefficient (Wildman–Crippen LogP) is 5.20. The van der Waals surface area contributed by atoms with E-state index in [0.29, 0.717) is 43.6 Å². The Morgan fingerprint density at radius 3 is 2.61 bits per heavy atom. The average molecular weight is 615 g/mol. The molecule has 0 saturated carbocycles. The fourth-order valence-corrected chi connectivity index (χ4v) is 4.73. The molecule has 0 radical (unpaired) electrons. The first kappa shape index (κ1) is 25.3. The zero-order valence-corrected chi connectivity index (χ0v) is 21.9. The van der Waals surface area contributed by atoms with Gasteiger partial charge in [-0.3, -0.25) is 4.79 Å². The lowest BCUT2D eigenvalue weighted by atomic mass is 10.2. The summed E-state index contributed by atoms with van der Waals surface area (Å²) in [6, 6.07) is 10.7. The van der Waals surface area contributed by atoms with Gasteiger partial charge in [0.15, 0.2) is 11.0 Å². The molecule has 12 heteroatoms. The normalized spacial score (nSPS) is 11.0. The van der Waals surface area contributed by atoms with Crippen LogP contribution in [0.5, 0.6) is 5.75 Å². The number of allylic oxidation sites excluding steroid dienone is 1. The summed E-state index contributed by atoms with van der Waals surface area (Å²) in [6.45, 7) is 4.75. The fourth-order valence-electron chi connectivity index (χ4n) is 2.62. The number of amides is 1. The Morgan fingerprint density at radius 2 is 1.94 bits per heavy atom. The van der Waals surface area contributed by atoms with Crippen molar-refractivity contribution in [3.05, 3.63) is 74.4 Å². The topological polar surface area (TPSA) is 104 Å². The smallest absolute Gasteiger partial charge is 0.250 e. The van der Waals surface area contributed by atoms with Crippen LogP contribution < -0.4 is 10.7 Å².